The van der Waals surface area contributed by atoms with Gasteiger partial charge in [0.15, 0.2) is 0 Å². The summed E-state index contributed by atoms with van der Waals surface area (Å²) >= 11 is 0. The molecule has 1 atom stereocenters. The lowest BCUT2D eigenvalue weighted by molar-refractivity contribution is 0.547. The molecule has 0 aliphatic heterocycles. The lowest BCUT2D eigenvalue weighted by atomic mass is 10.1. The van der Waals surface area contributed by atoms with E-state index in [1.165, 1.54) is 6.26 Å². The third-order valence-corrected chi connectivity index (χ3v) is 4.11. The minimum absolute atomic E-state index is 0.0723. The van der Waals surface area contributed by atoms with Gasteiger partial charge in [-0.15, -0.1) is 0 Å². The molecule has 0 amide bonds. The van der Waals surface area contributed by atoms with Crippen molar-refractivity contribution in [3.63, 3.8) is 0 Å². The molecular formula is C16H20N2O2S. The Hall–Kier alpha value is -1.72. The molecule has 112 valence electrons. The summed E-state index contributed by atoms with van der Waals surface area (Å²) in [7, 11) is -3.07. The summed E-state index contributed by atoms with van der Waals surface area (Å²) in [6.45, 7) is 2.52. The van der Waals surface area contributed by atoms with Crippen LogP contribution in [0, 0.1) is 6.92 Å². The first kappa shape index (κ1) is 15.7. The Morgan fingerprint density at radius 3 is 2.43 bits per heavy atom. The number of nitrogens with one attached hydrogen (secondary N) is 1. The van der Waals surface area contributed by atoms with Gasteiger partial charge in [0, 0.05) is 25.0 Å². The van der Waals surface area contributed by atoms with Crippen LogP contribution in [0.3, 0.4) is 0 Å². The van der Waals surface area contributed by atoms with Crippen molar-refractivity contribution in [3.8, 4) is 0 Å². The Morgan fingerprint density at radius 2 is 1.86 bits per heavy atom. The van der Waals surface area contributed by atoms with Crippen molar-refractivity contribution < 1.29 is 8.42 Å². The van der Waals surface area contributed by atoms with E-state index >= 15 is 0 Å². The average Bonchev–Trinajstić information content (AvgIpc) is 2.45. The molecule has 1 heterocycles. The Bertz CT molecular complexity index is 667. The second kappa shape index (κ2) is 6.83. The predicted octanol–water partition coefficient (Wildman–Crippen LogP) is 2.27. The van der Waals surface area contributed by atoms with E-state index < -0.39 is 9.84 Å². The van der Waals surface area contributed by atoms with Crippen molar-refractivity contribution in [1.29, 1.82) is 0 Å². The van der Waals surface area contributed by atoms with Crippen LogP contribution < -0.4 is 5.32 Å². The van der Waals surface area contributed by atoms with Crippen LogP contribution in [-0.2, 0) is 16.4 Å². The molecule has 21 heavy (non-hydrogen) atoms. The molecule has 1 aromatic carbocycles. The van der Waals surface area contributed by atoms with Gasteiger partial charge in [-0.1, -0.05) is 36.4 Å². The van der Waals surface area contributed by atoms with Crippen molar-refractivity contribution >= 4 is 9.84 Å². The molecule has 0 radical (unpaired) electrons. The fraction of sp³-hybridized carbons (Fsp3) is 0.312. The Kier molecular flexibility index (Phi) is 5.09. The second-order valence-corrected chi connectivity index (χ2v) is 7.45. The summed E-state index contributed by atoms with van der Waals surface area (Å²) in [4.78, 5) is 4.33. The highest BCUT2D eigenvalue weighted by atomic mass is 32.2. The topological polar surface area (TPSA) is 59.1 Å². The SMILES string of the molecule is Cc1ccc(CN[C@@H](CS(C)(=O)=O)c2ccccc2)nc1. The summed E-state index contributed by atoms with van der Waals surface area (Å²) in [6.07, 6.45) is 3.07. The molecular weight excluding hydrogens is 284 g/mol. The Balaban J connectivity index is 2.11. The average molecular weight is 304 g/mol. The second-order valence-electron chi connectivity index (χ2n) is 5.26. The molecule has 1 aromatic heterocycles. The van der Waals surface area contributed by atoms with E-state index in [-0.39, 0.29) is 11.8 Å². The number of hydrogen-bond donors (Lipinski definition) is 1. The molecule has 2 aromatic rings. The molecule has 5 heteroatoms. The highest BCUT2D eigenvalue weighted by Gasteiger charge is 2.16. The number of hydrogen-bond acceptors (Lipinski definition) is 4. The van der Waals surface area contributed by atoms with Gasteiger partial charge in [0.05, 0.1) is 11.4 Å². The molecule has 2 rings (SSSR count). The fourth-order valence-electron chi connectivity index (χ4n) is 2.09. The molecule has 0 fully saturated rings. The van der Waals surface area contributed by atoms with Crippen LogP contribution in [0.5, 0.6) is 0 Å². The number of benzene rings is 1. The zero-order chi connectivity index (χ0) is 15.3. The van der Waals surface area contributed by atoms with E-state index in [9.17, 15) is 8.42 Å². The normalized spacial score (nSPS) is 13.0. The van der Waals surface area contributed by atoms with Gasteiger partial charge < -0.3 is 5.32 Å². The van der Waals surface area contributed by atoms with E-state index in [4.69, 9.17) is 0 Å². The van der Waals surface area contributed by atoms with Crippen molar-refractivity contribution in [2.24, 2.45) is 0 Å². The van der Waals surface area contributed by atoms with E-state index in [1.54, 1.807) is 0 Å². The van der Waals surface area contributed by atoms with Crippen molar-refractivity contribution in [2.75, 3.05) is 12.0 Å². The lowest BCUT2D eigenvalue weighted by Gasteiger charge is -2.18. The van der Waals surface area contributed by atoms with Crippen LogP contribution in [0.2, 0.25) is 0 Å². The molecule has 0 saturated carbocycles. The lowest BCUT2D eigenvalue weighted by Crippen LogP contribution is -2.27. The van der Waals surface area contributed by atoms with E-state index in [0.29, 0.717) is 6.54 Å². The number of pyridine rings is 1. The summed E-state index contributed by atoms with van der Waals surface area (Å²) in [5.74, 6) is 0.0723. The maximum atomic E-state index is 11.6. The smallest absolute Gasteiger partial charge is 0.149 e. The first-order valence-corrected chi connectivity index (χ1v) is 8.88. The van der Waals surface area contributed by atoms with Crippen LogP contribution in [0.4, 0.5) is 0 Å². The zero-order valence-electron chi connectivity index (χ0n) is 12.3. The zero-order valence-corrected chi connectivity index (χ0v) is 13.1. The number of rotatable bonds is 6. The van der Waals surface area contributed by atoms with Crippen LogP contribution in [0.25, 0.3) is 0 Å². The monoisotopic (exact) mass is 304 g/mol. The molecule has 0 aliphatic carbocycles. The highest BCUT2D eigenvalue weighted by molar-refractivity contribution is 7.90. The standard InChI is InChI=1S/C16H20N2O2S/c1-13-8-9-15(17-10-13)11-18-16(12-21(2,19)20)14-6-4-3-5-7-14/h3-10,16,18H,11-12H2,1-2H3/t16-/m0/s1. The van der Waals surface area contributed by atoms with Gasteiger partial charge in [0.25, 0.3) is 0 Å². The number of aromatic nitrogens is 1. The molecule has 0 saturated heterocycles. The first-order valence-electron chi connectivity index (χ1n) is 6.81. The van der Waals surface area contributed by atoms with Crippen LogP contribution >= 0.6 is 0 Å². The highest BCUT2D eigenvalue weighted by Crippen LogP contribution is 2.15. The summed E-state index contributed by atoms with van der Waals surface area (Å²) in [5, 5.41) is 3.29. The van der Waals surface area contributed by atoms with Gasteiger partial charge in [-0.3, -0.25) is 4.98 Å². The van der Waals surface area contributed by atoms with E-state index in [2.05, 4.69) is 10.3 Å². The minimum atomic E-state index is -3.07. The molecule has 0 aliphatic rings. The van der Waals surface area contributed by atoms with Gasteiger partial charge in [-0.2, -0.15) is 0 Å². The maximum Gasteiger partial charge on any atom is 0.149 e. The Labute approximate surface area is 126 Å². The number of sulfone groups is 1. The van der Waals surface area contributed by atoms with E-state index in [0.717, 1.165) is 16.8 Å². The molecule has 0 bridgehead atoms. The maximum absolute atomic E-state index is 11.6. The van der Waals surface area contributed by atoms with Crippen molar-refractivity contribution in [1.82, 2.24) is 10.3 Å². The third-order valence-electron chi connectivity index (χ3n) is 3.17. The summed E-state index contributed by atoms with van der Waals surface area (Å²) < 4.78 is 23.2. The van der Waals surface area contributed by atoms with Gasteiger partial charge in [0.2, 0.25) is 0 Å². The number of nitrogens with zero attached hydrogens (tertiary/aromatic N) is 1. The van der Waals surface area contributed by atoms with Crippen molar-refractivity contribution in [3.05, 3.63) is 65.5 Å². The molecule has 1 N–H and O–H groups in total. The quantitative estimate of drug-likeness (QED) is 0.889. The van der Waals surface area contributed by atoms with Crippen molar-refractivity contribution in [2.45, 2.75) is 19.5 Å². The first-order chi connectivity index (χ1) is 9.94. The van der Waals surface area contributed by atoms with Gasteiger partial charge in [0.1, 0.15) is 9.84 Å². The van der Waals surface area contributed by atoms with Crippen LogP contribution in [0.15, 0.2) is 48.7 Å². The summed E-state index contributed by atoms with van der Waals surface area (Å²) in [6, 6.07) is 13.3. The van der Waals surface area contributed by atoms with Gasteiger partial charge in [-0.05, 0) is 24.1 Å². The molecule has 0 spiro atoms. The van der Waals surface area contributed by atoms with Gasteiger partial charge in [-0.25, -0.2) is 8.42 Å². The Morgan fingerprint density at radius 1 is 1.14 bits per heavy atom. The van der Waals surface area contributed by atoms with Crippen LogP contribution in [-0.4, -0.2) is 25.4 Å². The molecule has 0 unspecified atom stereocenters. The third kappa shape index (κ3) is 5.28. The van der Waals surface area contributed by atoms with Gasteiger partial charge >= 0.3 is 0 Å². The van der Waals surface area contributed by atoms with E-state index in [1.807, 2.05) is 55.6 Å². The number of aryl methyl sites for hydroxylation is 1. The largest absolute Gasteiger partial charge is 0.303 e. The minimum Gasteiger partial charge on any atom is -0.303 e. The molecule has 4 nitrogen and oxygen atoms in total. The van der Waals surface area contributed by atoms with Crippen LogP contribution in [0.1, 0.15) is 22.9 Å². The predicted molar refractivity (Wildman–Crippen MR) is 84.7 cm³/mol. The summed E-state index contributed by atoms with van der Waals surface area (Å²) in [5.41, 5.74) is 2.97. The fourth-order valence-corrected chi connectivity index (χ4v) is 3.01.